The second-order valence-electron chi connectivity index (χ2n) is 11.2. The molecule has 2 amide bonds. The Morgan fingerprint density at radius 2 is 1.68 bits per heavy atom. The lowest BCUT2D eigenvalue weighted by atomic mass is 9.92. The van der Waals surface area contributed by atoms with Gasteiger partial charge in [0.2, 0.25) is 5.91 Å². The lowest BCUT2D eigenvalue weighted by Crippen LogP contribution is -2.49. The molecule has 0 unspecified atom stereocenters. The molecular weight excluding hydrogens is 478 g/mol. The largest absolute Gasteiger partial charge is 0.447 e. The highest BCUT2D eigenvalue weighted by molar-refractivity contribution is 6.02. The van der Waals surface area contributed by atoms with Gasteiger partial charge in [-0.25, -0.2) is 4.79 Å². The van der Waals surface area contributed by atoms with Gasteiger partial charge in [-0.15, -0.1) is 0 Å². The molecule has 3 aliphatic rings. The maximum Gasteiger partial charge on any atom is 0.411 e. The third kappa shape index (κ3) is 4.68. The topological polar surface area (TPSA) is 92.8 Å². The first-order chi connectivity index (χ1) is 18.4. The predicted molar refractivity (Wildman–Crippen MR) is 151 cm³/mol. The number of anilines is 3. The average Bonchev–Trinajstić information content (AvgIpc) is 3.69. The van der Waals surface area contributed by atoms with Gasteiger partial charge in [-0.1, -0.05) is 12.1 Å². The fraction of sp³-hybridized carbons (Fsp3) is 0.467. The van der Waals surface area contributed by atoms with E-state index in [0.29, 0.717) is 17.6 Å². The van der Waals surface area contributed by atoms with Crippen LogP contribution in [0.4, 0.5) is 21.9 Å². The van der Waals surface area contributed by atoms with Crippen LogP contribution in [-0.2, 0) is 9.53 Å². The molecule has 3 aromatic rings. The number of fused-ring (bicyclic) bond motifs is 1. The Labute approximate surface area is 223 Å². The van der Waals surface area contributed by atoms with Crippen LogP contribution in [0.3, 0.4) is 0 Å². The number of benzene rings is 2. The van der Waals surface area contributed by atoms with Crippen molar-refractivity contribution in [3.05, 3.63) is 42.5 Å². The Morgan fingerprint density at radius 3 is 2.29 bits per heavy atom. The van der Waals surface area contributed by atoms with E-state index >= 15 is 0 Å². The molecule has 38 heavy (non-hydrogen) atoms. The molecule has 3 N–H and O–H groups in total. The van der Waals surface area contributed by atoms with E-state index in [1.54, 1.807) is 0 Å². The number of rotatable bonds is 6. The summed E-state index contributed by atoms with van der Waals surface area (Å²) in [6.07, 6.45) is 4.99. The van der Waals surface area contributed by atoms with Gasteiger partial charge in [-0.3, -0.25) is 10.1 Å². The lowest BCUT2D eigenvalue weighted by Gasteiger charge is -2.36. The highest BCUT2D eigenvalue weighted by Gasteiger charge is 2.35. The second-order valence-corrected chi connectivity index (χ2v) is 11.2. The van der Waals surface area contributed by atoms with Crippen LogP contribution in [0.2, 0.25) is 0 Å². The minimum Gasteiger partial charge on any atom is -0.447 e. The Bertz CT molecular complexity index is 1350. The molecule has 0 atom stereocenters. The highest BCUT2D eigenvalue weighted by atomic mass is 16.6. The van der Waals surface area contributed by atoms with Gasteiger partial charge in [0.15, 0.2) is 0 Å². The van der Waals surface area contributed by atoms with E-state index < -0.39 is 6.09 Å². The number of aromatic nitrogens is 1. The number of nitrogens with zero attached hydrogens (tertiary/aromatic N) is 3. The van der Waals surface area contributed by atoms with E-state index in [0.717, 1.165) is 74.2 Å². The summed E-state index contributed by atoms with van der Waals surface area (Å²) in [7, 11) is 0. The number of nitrogens with two attached hydrogens (primary N) is 1. The predicted octanol–water partition coefficient (Wildman–Crippen LogP) is 5.63. The first-order valence-electron chi connectivity index (χ1n) is 13.9. The zero-order valence-corrected chi connectivity index (χ0v) is 22.3. The zero-order valence-electron chi connectivity index (χ0n) is 22.3. The summed E-state index contributed by atoms with van der Waals surface area (Å²) < 4.78 is 7.63. The highest BCUT2D eigenvalue weighted by Crippen LogP contribution is 2.45. The van der Waals surface area contributed by atoms with Crippen molar-refractivity contribution < 1.29 is 14.3 Å². The van der Waals surface area contributed by atoms with E-state index in [1.807, 2.05) is 43.0 Å². The van der Waals surface area contributed by atoms with Crippen LogP contribution >= 0.6 is 0 Å². The normalized spacial score (nSPS) is 18.1. The molecule has 2 heterocycles. The van der Waals surface area contributed by atoms with Crippen molar-refractivity contribution in [1.29, 1.82) is 0 Å². The van der Waals surface area contributed by atoms with Crippen molar-refractivity contribution in [1.82, 2.24) is 9.47 Å². The summed E-state index contributed by atoms with van der Waals surface area (Å²) in [5.41, 5.74) is 12.7. The van der Waals surface area contributed by atoms with E-state index in [1.165, 1.54) is 17.6 Å². The standard InChI is InChI=1S/C30H37N5O3/c1-19(2)38-30(37)32-22-10-8-20(9-11-22)28-27(31)25-13-12-24(18-26(25)35(28)23-4-3-5-23)33-14-16-34(17-15-33)29(36)21-6-7-21/h8-13,18-19,21,23H,3-7,14-17,31H2,1-2H3,(H,32,37). The third-order valence-corrected chi connectivity index (χ3v) is 8.10. The molecule has 1 saturated heterocycles. The Balaban J connectivity index is 1.28. The van der Waals surface area contributed by atoms with Crippen molar-refractivity contribution in [3.8, 4) is 11.3 Å². The molecule has 0 bridgehead atoms. The molecule has 2 aromatic carbocycles. The number of amides is 2. The molecule has 6 rings (SSSR count). The minimum atomic E-state index is -0.457. The fourth-order valence-electron chi connectivity index (χ4n) is 5.69. The molecule has 1 aliphatic heterocycles. The number of carbonyl (C=O) groups excluding carboxylic acids is 2. The number of nitrogens with one attached hydrogen (secondary N) is 1. The van der Waals surface area contributed by atoms with Crippen LogP contribution in [0.15, 0.2) is 42.5 Å². The molecular formula is C30H37N5O3. The van der Waals surface area contributed by atoms with Crippen LogP contribution in [0.5, 0.6) is 0 Å². The summed E-state index contributed by atoms with van der Waals surface area (Å²) in [5, 5.41) is 3.86. The quantitative estimate of drug-likeness (QED) is 0.444. The van der Waals surface area contributed by atoms with E-state index in [9.17, 15) is 9.59 Å². The Hall–Kier alpha value is -3.68. The van der Waals surface area contributed by atoms with Gasteiger partial charge in [0.1, 0.15) is 0 Å². The first-order valence-corrected chi connectivity index (χ1v) is 13.9. The number of piperazine rings is 1. The van der Waals surface area contributed by atoms with Crippen molar-refractivity contribution in [3.63, 3.8) is 0 Å². The van der Waals surface area contributed by atoms with Gasteiger partial charge >= 0.3 is 6.09 Å². The van der Waals surface area contributed by atoms with E-state index in [-0.39, 0.29) is 12.0 Å². The lowest BCUT2D eigenvalue weighted by molar-refractivity contribution is -0.132. The first kappa shape index (κ1) is 24.6. The maximum absolute atomic E-state index is 12.5. The average molecular weight is 516 g/mol. The number of nitrogen functional groups attached to an aromatic ring is 1. The number of hydrogen-bond donors (Lipinski definition) is 2. The van der Waals surface area contributed by atoms with Crippen LogP contribution in [0, 0.1) is 5.92 Å². The van der Waals surface area contributed by atoms with Crippen LogP contribution in [-0.4, -0.2) is 53.8 Å². The van der Waals surface area contributed by atoms with Crippen LogP contribution in [0.25, 0.3) is 22.2 Å². The Kier molecular flexibility index (Phi) is 6.41. The summed E-state index contributed by atoms with van der Waals surface area (Å²) in [5.74, 6) is 0.623. The summed E-state index contributed by atoms with van der Waals surface area (Å²) in [4.78, 5) is 28.9. The van der Waals surface area contributed by atoms with Crippen molar-refractivity contribution in [2.24, 2.45) is 5.92 Å². The molecule has 2 aliphatic carbocycles. The maximum atomic E-state index is 12.5. The Morgan fingerprint density at radius 1 is 0.974 bits per heavy atom. The van der Waals surface area contributed by atoms with Crippen molar-refractivity contribution in [2.45, 2.75) is 58.1 Å². The second kappa shape index (κ2) is 9.89. The molecule has 0 spiro atoms. The summed E-state index contributed by atoms with van der Waals surface area (Å²) in [6, 6.07) is 14.8. The fourth-order valence-corrected chi connectivity index (χ4v) is 5.69. The zero-order chi connectivity index (χ0) is 26.4. The van der Waals surface area contributed by atoms with Gasteiger partial charge in [-0.05, 0) is 76.3 Å². The van der Waals surface area contributed by atoms with Crippen molar-refractivity contribution in [2.75, 3.05) is 42.1 Å². The van der Waals surface area contributed by atoms with E-state index in [4.69, 9.17) is 10.5 Å². The molecule has 2 saturated carbocycles. The molecule has 8 heteroatoms. The molecule has 8 nitrogen and oxygen atoms in total. The van der Waals surface area contributed by atoms with Gasteiger partial charge in [0.05, 0.1) is 23.0 Å². The smallest absolute Gasteiger partial charge is 0.411 e. The molecule has 200 valence electrons. The van der Waals surface area contributed by atoms with Gasteiger partial charge in [0, 0.05) is 60.5 Å². The van der Waals surface area contributed by atoms with Gasteiger partial charge in [-0.2, -0.15) is 0 Å². The van der Waals surface area contributed by atoms with Gasteiger partial charge < -0.3 is 24.8 Å². The monoisotopic (exact) mass is 515 g/mol. The number of carbonyl (C=O) groups is 2. The summed E-state index contributed by atoms with van der Waals surface area (Å²) in [6.45, 7) is 6.93. The van der Waals surface area contributed by atoms with E-state index in [2.05, 4.69) is 33.0 Å². The molecule has 0 radical (unpaired) electrons. The van der Waals surface area contributed by atoms with Crippen LogP contribution in [0.1, 0.15) is 52.0 Å². The SMILES string of the molecule is CC(C)OC(=O)Nc1ccc(-c2c(N)c3ccc(N4CCN(C(=O)C5CC5)CC4)cc3n2C2CCC2)cc1. The number of ether oxygens (including phenoxy) is 1. The van der Waals surface area contributed by atoms with Crippen LogP contribution < -0.4 is 16.0 Å². The third-order valence-electron chi connectivity index (χ3n) is 8.10. The minimum absolute atomic E-state index is 0.175. The van der Waals surface area contributed by atoms with Crippen molar-refractivity contribution >= 4 is 40.0 Å². The summed E-state index contributed by atoms with van der Waals surface area (Å²) >= 11 is 0. The number of hydrogen-bond acceptors (Lipinski definition) is 5. The van der Waals surface area contributed by atoms with Gasteiger partial charge in [0.25, 0.3) is 0 Å². The molecule has 1 aromatic heterocycles. The molecule has 3 fully saturated rings.